The molecular formula is C18H24Cl4N8O4. The molecule has 0 atom stereocenters. The van der Waals surface area contributed by atoms with Crippen LogP contribution in [0.15, 0.2) is 0 Å². The van der Waals surface area contributed by atoms with E-state index in [-0.39, 0.29) is 21.1 Å². The van der Waals surface area contributed by atoms with E-state index in [4.69, 9.17) is 65.4 Å². The van der Waals surface area contributed by atoms with Gasteiger partial charge in [-0.3, -0.25) is 0 Å². The van der Waals surface area contributed by atoms with Crippen molar-refractivity contribution in [2.45, 2.75) is 0 Å². The highest BCUT2D eigenvalue weighted by atomic mass is 35.5. The van der Waals surface area contributed by atoms with Gasteiger partial charge in [0.2, 0.25) is 33.0 Å². The number of halogens is 4. The SMILES string of the molecule is Clc1nc(Cl)nc(N2CCOCCOCCN(c3nc(Cl)nc(Cl)n3)CCOCCOCC2)n1. The highest BCUT2D eigenvalue weighted by Gasteiger charge is 2.14. The Morgan fingerprint density at radius 3 is 0.941 bits per heavy atom. The van der Waals surface area contributed by atoms with E-state index in [0.29, 0.717) is 90.9 Å². The first-order chi connectivity index (χ1) is 16.5. The van der Waals surface area contributed by atoms with Crippen LogP contribution in [0.2, 0.25) is 21.1 Å². The van der Waals surface area contributed by atoms with Crippen LogP contribution in [0.1, 0.15) is 0 Å². The van der Waals surface area contributed by atoms with Gasteiger partial charge in [-0.25, -0.2) is 0 Å². The van der Waals surface area contributed by atoms with Crippen LogP contribution in [0.4, 0.5) is 11.9 Å². The van der Waals surface area contributed by atoms with Crippen molar-refractivity contribution in [3.05, 3.63) is 21.1 Å². The Kier molecular flexibility index (Phi) is 11.9. The third-order valence-corrected chi connectivity index (χ3v) is 5.15. The summed E-state index contributed by atoms with van der Waals surface area (Å²) in [6, 6.07) is 0. The van der Waals surface area contributed by atoms with Gasteiger partial charge in [0.1, 0.15) is 0 Å². The lowest BCUT2D eigenvalue weighted by atomic mass is 10.5. The third-order valence-electron chi connectivity index (χ3n) is 4.47. The molecule has 1 fully saturated rings. The summed E-state index contributed by atoms with van der Waals surface area (Å²) < 4.78 is 22.8. The predicted molar refractivity (Wildman–Crippen MR) is 127 cm³/mol. The largest absolute Gasteiger partial charge is 0.377 e. The number of anilines is 2. The molecule has 3 rings (SSSR count). The fraction of sp³-hybridized carbons (Fsp3) is 0.667. The molecule has 34 heavy (non-hydrogen) atoms. The maximum atomic E-state index is 5.92. The molecule has 0 bridgehead atoms. The van der Waals surface area contributed by atoms with E-state index in [1.165, 1.54) is 0 Å². The molecule has 0 saturated carbocycles. The Labute approximate surface area is 216 Å². The van der Waals surface area contributed by atoms with E-state index >= 15 is 0 Å². The summed E-state index contributed by atoms with van der Waals surface area (Å²) in [5.74, 6) is 0.718. The standard InChI is InChI=1S/C18H24Cl4N8O4/c19-13-23-14(20)26-17(25-13)29-1-5-31-9-10-33-7-3-30(4-8-34-12-11-32-6-2-29)18-27-15(21)24-16(22)28-18/h1-12H2. The van der Waals surface area contributed by atoms with Gasteiger partial charge in [0.15, 0.2) is 0 Å². The fourth-order valence-electron chi connectivity index (χ4n) is 2.88. The average molecular weight is 558 g/mol. The minimum atomic E-state index is 0.0221. The molecule has 12 nitrogen and oxygen atoms in total. The zero-order valence-corrected chi connectivity index (χ0v) is 21.2. The van der Waals surface area contributed by atoms with E-state index in [9.17, 15) is 0 Å². The number of aromatic nitrogens is 6. The first-order valence-corrected chi connectivity index (χ1v) is 12.0. The summed E-state index contributed by atoms with van der Waals surface area (Å²) in [7, 11) is 0. The van der Waals surface area contributed by atoms with E-state index in [1.807, 2.05) is 9.80 Å². The Morgan fingerprint density at radius 2 is 0.676 bits per heavy atom. The molecule has 1 aliphatic rings. The summed E-state index contributed by atoms with van der Waals surface area (Å²) in [5, 5.41) is 0.0883. The number of rotatable bonds is 2. The van der Waals surface area contributed by atoms with Crippen LogP contribution < -0.4 is 9.80 Å². The van der Waals surface area contributed by atoms with Gasteiger partial charge >= 0.3 is 0 Å². The van der Waals surface area contributed by atoms with Crippen molar-refractivity contribution >= 4 is 58.3 Å². The fourth-order valence-corrected chi connectivity index (χ4v) is 3.59. The maximum absolute atomic E-state index is 5.92. The maximum Gasteiger partial charge on any atom is 0.231 e. The molecule has 2 aromatic rings. The molecular weight excluding hydrogens is 534 g/mol. The summed E-state index contributed by atoms with van der Waals surface area (Å²) in [5.41, 5.74) is 0. The van der Waals surface area contributed by atoms with Crippen LogP contribution in [-0.4, -0.2) is 109 Å². The van der Waals surface area contributed by atoms with Gasteiger partial charge in [-0.1, -0.05) is 0 Å². The molecule has 188 valence electrons. The topological polar surface area (TPSA) is 121 Å². The number of hydrogen-bond donors (Lipinski definition) is 0. The monoisotopic (exact) mass is 556 g/mol. The van der Waals surface area contributed by atoms with Crippen LogP contribution in [0.3, 0.4) is 0 Å². The molecule has 0 aliphatic carbocycles. The summed E-state index contributed by atoms with van der Waals surface area (Å²) in [6.45, 7) is 5.34. The lowest BCUT2D eigenvalue weighted by Crippen LogP contribution is -2.34. The smallest absolute Gasteiger partial charge is 0.231 e. The highest BCUT2D eigenvalue weighted by molar-refractivity contribution is 6.31. The first-order valence-electron chi connectivity index (χ1n) is 10.5. The van der Waals surface area contributed by atoms with E-state index in [1.54, 1.807) is 0 Å². The van der Waals surface area contributed by atoms with E-state index in [2.05, 4.69) is 29.9 Å². The van der Waals surface area contributed by atoms with Crippen molar-refractivity contribution in [1.82, 2.24) is 29.9 Å². The number of hydrogen-bond acceptors (Lipinski definition) is 12. The van der Waals surface area contributed by atoms with Gasteiger partial charge in [-0.15, -0.1) is 0 Å². The molecule has 0 spiro atoms. The number of nitrogens with zero attached hydrogens (tertiary/aromatic N) is 8. The van der Waals surface area contributed by atoms with Crippen molar-refractivity contribution in [1.29, 1.82) is 0 Å². The normalized spacial score (nSPS) is 18.4. The lowest BCUT2D eigenvalue weighted by molar-refractivity contribution is 0.0433. The van der Waals surface area contributed by atoms with Gasteiger partial charge in [0.25, 0.3) is 0 Å². The van der Waals surface area contributed by atoms with E-state index < -0.39 is 0 Å². The van der Waals surface area contributed by atoms with Gasteiger partial charge in [-0.05, 0) is 46.4 Å². The van der Waals surface area contributed by atoms with Crippen molar-refractivity contribution < 1.29 is 18.9 Å². The van der Waals surface area contributed by atoms with Gasteiger partial charge in [0, 0.05) is 26.2 Å². The second kappa shape index (κ2) is 14.9. The van der Waals surface area contributed by atoms with Crippen molar-refractivity contribution in [2.24, 2.45) is 0 Å². The quantitative estimate of drug-likeness (QED) is 0.537. The van der Waals surface area contributed by atoms with Crippen molar-refractivity contribution in [2.75, 3.05) is 88.8 Å². The Morgan fingerprint density at radius 1 is 0.412 bits per heavy atom. The van der Waals surface area contributed by atoms with Crippen LogP contribution in [-0.2, 0) is 18.9 Å². The Balaban J connectivity index is 1.55. The second-order valence-electron chi connectivity index (χ2n) is 6.77. The van der Waals surface area contributed by atoms with Crippen molar-refractivity contribution in [3.63, 3.8) is 0 Å². The summed E-state index contributed by atoms with van der Waals surface area (Å²) >= 11 is 23.7. The zero-order valence-electron chi connectivity index (χ0n) is 18.2. The minimum absolute atomic E-state index is 0.0221. The van der Waals surface area contributed by atoms with Crippen molar-refractivity contribution in [3.8, 4) is 0 Å². The zero-order chi connectivity index (χ0) is 24.2. The minimum Gasteiger partial charge on any atom is -0.377 e. The van der Waals surface area contributed by atoms with Crippen LogP contribution in [0.5, 0.6) is 0 Å². The Bertz CT molecular complexity index is 771. The lowest BCUT2D eigenvalue weighted by Gasteiger charge is -2.24. The second-order valence-corrected chi connectivity index (χ2v) is 8.12. The van der Waals surface area contributed by atoms with Gasteiger partial charge < -0.3 is 28.7 Å². The molecule has 2 aromatic heterocycles. The molecule has 1 aliphatic heterocycles. The number of ether oxygens (including phenoxy) is 4. The summed E-state index contributed by atoms with van der Waals surface area (Å²) in [4.78, 5) is 27.9. The first kappa shape index (κ1) is 27.2. The molecule has 0 aromatic carbocycles. The van der Waals surface area contributed by atoms with Crippen LogP contribution >= 0.6 is 46.4 Å². The molecule has 0 amide bonds. The molecule has 1 saturated heterocycles. The van der Waals surface area contributed by atoms with Gasteiger partial charge in [-0.2, -0.15) is 29.9 Å². The summed E-state index contributed by atoms with van der Waals surface area (Å²) in [6.07, 6.45) is 0. The predicted octanol–water partition coefficient (Wildman–Crippen LogP) is 2.06. The average Bonchev–Trinajstić information content (AvgIpc) is 2.77. The highest BCUT2D eigenvalue weighted by Crippen LogP contribution is 2.15. The molecule has 0 N–H and O–H groups in total. The van der Waals surface area contributed by atoms with Crippen LogP contribution in [0.25, 0.3) is 0 Å². The van der Waals surface area contributed by atoms with Crippen LogP contribution in [0, 0.1) is 0 Å². The Hall–Kier alpha value is -1.38. The third kappa shape index (κ3) is 9.70. The van der Waals surface area contributed by atoms with E-state index in [0.717, 1.165) is 0 Å². The van der Waals surface area contributed by atoms with Gasteiger partial charge in [0.05, 0.1) is 52.9 Å². The molecule has 16 heteroatoms. The molecule has 0 unspecified atom stereocenters. The molecule has 0 radical (unpaired) electrons. The molecule has 3 heterocycles.